The van der Waals surface area contributed by atoms with Crippen LogP contribution in [0.25, 0.3) is 0 Å². The minimum atomic E-state index is -0.907. The number of nitrogens with zero attached hydrogens (tertiary/aromatic N) is 1. The number of carboxylic acids is 1. The minimum Gasteiger partial charge on any atom is -0.478 e. The molecule has 0 bridgehead atoms. The van der Waals surface area contributed by atoms with Crippen molar-refractivity contribution in [2.75, 3.05) is 0 Å². The van der Waals surface area contributed by atoms with E-state index >= 15 is 0 Å². The normalized spacial score (nSPS) is 10.6. The van der Waals surface area contributed by atoms with Gasteiger partial charge in [-0.05, 0) is 39.5 Å². The van der Waals surface area contributed by atoms with Crippen LogP contribution in [0.15, 0.2) is 41.1 Å². The monoisotopic (exact) mass is 307 g/mol. The largest absolute Gasteiger partial charge is 0.478 e. The van der Waals surface area contributed by atoms with E-state index in [0.717, 1.165) is 16.6 Å². The SMILES string of the molecule is CCc1ccc(Cn2cc(C(=O)O)cc2Br)cc1. The molecule has 0 saturated heterocycles. The number of hydrogen-bond donors (Lipinski definition) is 1. The molecule has 0 aliphatic carbocycles. The molecule has 0 aliphatic rings. The second-order valence-corrected chi connectivity index (χ2v) is 4.97. The predicted octanol–water partition coefficient (Wildman–Crippen LogP) is 3.56. The molecule has 2 aromatic rings. The first kappa shape index (κ1) is 12.9. The number of hydrogen-bond acceptors (Lipinski definition) is 1. The van der Waals surface area contributed by atoms with Gasteiger partial charge >= 0.3 is 5.97 Å². The summed E-state index contributed by atoms with van der Waals surface area (Å²) in [5, 5.41) is 8.92. The highest BCUT2D eigenvalue weighted by atomic mass is 79.9. The fourth-order valence-corrected chi connectivity index (χ4v) is 2.27. The molecule has 0 amide bonds. The van der Waals surface area contributed by atoms with Crippen molar-refractivity contribution in [3.8, 4) is 0 Å². The minimum absolute atomic E-state index is 0.298. The molecule has 1 heterocycles. The number of aryl methyl sites for hydroxylation is 1. The Bertz CT molecular complexity index is 558. The molecule has 4 heteroatoms. The lowest BCUT2D eigenvalue weighted by atomic mass is 10.1. The van der Waals surface area contributed by atoms with Crippen LogP contribution in [-0.2, 0) is 13.0 Å². The first-order valence-corrected chi connectivity index (χ1v) is 6.56. The molecule has 18 heavy (non-hydrogen) atoms. The van der Waals surface area contributed by atoms with Crippen LogP contribution in [0.1, 0.15) is 28.4 Å². The van der Waals surface area contributed by atoms with Gasteiger partial charge in [-0.1, -0.05) is 31.2 Å². The summed E-state index contributed by atoms with van der Waals surface area (Å²) in [6, 6.07) is 9.97. The standard InChI is InChI=1S/C14H14BrNO2/c1-2-10-3-5-11(6-4-10)8-16-9-12(14(17)18)7-13(16)15/h3-7,9H,2,8H2,1H3,(H,17,18). The molecule has 2 rings (SSSR count). The molecule has 0 aliphatic heterocycles. The van der Waals surface area contributed by atoms with Gasteiger partial charge in [0.15, 0.2) is 0 Å². The average molecular weight is 308 g/mol. The Morgan fingerprint density at radius 3 is 2.39 bits per heavy atom. The van der Waals surface area contributed by atoms with E-state index in [4.69, 9.17) is 5.11 Å². The van der Waals surface area contributed by atoms with Crippen LogP contribution in [0.4, 0.5) is 0 Å². The number of carbonyl (C=O) groups is 1. The van der Waals surface area contributed by atoms with E-state index in [1.54, 1.807) is 12.3 Å². The zero-order valence-electron chi connectivity index (χ0n) is 10.1. The second kappa shape index (κ2) is 5.40. The maximum Gasteiger partial charge on any atom is 0.337 e. The molecular formula is C14H14BrNO2. The Kier molecular flexibility index (Phi) is 3.87. The zero-order chi connectivity index (χ0) is 13.1. The zero-order valence-corrected chi connectivity index (χ0v) is 11.6. The molecule has 0 fully saturated rings. The van der Waals surface area contributed by atoms with Gasteiger partial charge in [-0.2, -0.15) is 0 Å². The summed E-state index contributed by atoms with van der Waals surface area (Å²) >= 11 is 3.37. The Morgan fingerprint density at radius 2 is 1.89 bits per heavy atom. The molecule has 0 unspecified atom stereocenters. The first-order chi connectivity index (χ1) is 8.60. The number of halogens is 1. The van der Waals surface area contributed by atoms with Crippen molar-refractivity contribution in [3.63, 3.8) is 0 Å². The molecule has 94 valence electrons. The summed E-state index contributed by atoms with van der Waals surface area (Å²) in [4.78, 5) is 10.9. The van der Waals surface area contributed by atoms with Crippen LogP contribution in [0, 0.1) is 0 Å². The third-order valence-electron chi connectivity index (χ3n) is 2.87. The van der Waals surface area contributed by atoms with E-state index in [0.29, 0.717) is 12.1 Å². The highest BCUT2D eigenvalue weighted by Gasteiger charge is 2.09. The molecule has 1 N–H and O–H groups in total. The van der Waals surface area contributed by atoms with Crippen LogP contribution < -0.4 is 0 Å². The summed E-state index contributed by atoms with van der Waals surface area (Å²) in [6.07, 6.45) is 2.66. The maximum absolute atomic E-state index is 10.9. The fraction of sp³-hybridized carbons (Fsp3) is 0.214. The van der Waals surface area contributed by atoms with E-state index in [-0.39, 0.29) is 0 Å². The number of aromatic nitrogens is 1. The first-order valence-electron chi connectivity index (χ1n) is 5.77. The Hall–Kier alpha value is -1.55. The molecular weight excluding hydrogens is 294 g/mol. The van der Waals surface area contributed by atoms with E-state index in [1.165, 1.54) is 5.56 Å². The highest BCUT2D eigenvalue weighted by molar-refractivity contribution is 9.10. The van der Waals surface area contributed by atoms with Crippen LogP contribution in [0.2, 0.25) is 0 Å². The highest BCUT2D eigenvalue weighted by Crippen LogP contribution is 2.17. The molecule has 1 aromatic heterocycles. The van der Waals surface area contributed by atoms with E-state index in [1.807, 2.05) is 4.57 Å². The number of rotatable bonds is 4. The van der Waals surface area contributed by atoms with Crippen molar-refractivity contribution in [2.24, 2.45) is 0 Å². The van der Waals surface area contributed by atoms with Crippen molar-refractivity contribution in [3.05, 3.63) is 57.8 Å². The van der Waals surface area contributed by atoms with Crippen LogP contribution in [-0.4, -0.2) is 15.6 Å². The third kappa shape index (κ3) is 2.82. The Balaban J connectivity index is 2.19. The predicted molar refractivity (Wildman–Crippen MR) is 74.0 cm³/mol. The molecule has 0 radical (unpaired) electrons. The molecule has 0 saturated carbocycles. The van der Waals surface area contributed by atoms with Crippen molar-refractivity contribution >= 4 is 21.9 Å². The van der Waals surface area contributed by atoms with Crippen LogP contribution in [0.5, 0.6) is 0 Å². The van der Waals surface area contributed by atoms with Crippen molar-refractivity contribution in [1.29, 1.82) is 0 Å². The molecule has 0 atom stereocenters. The number of benzene rings is 1. The molecule has 0 spiro atoms. The average Bonchev–Trinajstić information content (AvgIpc) is 2.72. The van der Waals surface area contributed by atoms with Gasteiger partial charge in [0.1, 0.15) is 0 Å². The van der Waals surface area contributed by atoms with Gasteiger partial charge in [0.2, 0.25) is 0 Å². The number of carboxylic acid groups (broad SMARTS) is 1. The Labute approximate surface area is 114 Å². The van der Waals surface area contributed by atoms with Gasteiger partial charge in [-0.15, -0.1) is 0 Å². The van der Waals surface area contributed by atoms with Crippen LogP contribution >= 0.6 is 15.9 Å². The topological polar surface area (TPSA) is 42.2 Å². The van der Waals surface area contributed by atoms with Crippen molar-refractivity contribution < 1.29 is 9.90 Å². The summed E-state index contributed by atoms with van der Waals surface area (Å²) in [5.41, 5.74) is 2.75. The maximum atomic E-state index is 10.9. The Morgan fingerprint density at radius 1 is 1.28 bits per heavy atom. The number of aromatic carboxylic acids is 1. The van der Waals surface area contributed by atoms with Crippen molar-refractivity contribution in [1.82, 2.24) is 4.57 Å². The van der Waals surface area contributed by atoms with E-state index in [9.17, 15) is 4.79 Å². The van der Waals surface area contributed by atoms with Gasteiger partial charge in [0, 0.05) is 12.7 Å². The van der Waals surface area contributed by atoms with Gasteiger partial charge in [-0.3, -0.25) is 0 Å². The van der Waals surface area contributed by atoms with Gasteiger partial charge in [0.05, 0.1) is 10.2 Å². The summed E-state index contributed by atoms with van der Waals surface area (Å²) < 4.78 is 2.66. The van der Waals surface area contributed by atoms with Crippen molar-refractivity contribution in [2.45, 2.75) is 19.9 Å². The summed E-state index contributed by atoms with van der Waals surface area (Å²) in [6.45, 7) is 2.79. The lowest BCUT2D eigenvalue weighted by Gasteiger charge is -2.06. The van der Waals surface area contributed by atoms with Crippen LogP contribution in [0.3, 0.4) is 0 Å². The van der Waals surface area contributed by atoms with E-state index in [2.05, 4.69) is 47.1 Å². The van der Waals surface area contributed by atoms with Gasteiger partial charge < -0.3 is 9.67 Å². The van der Waals surface area contributed by atoms with Gasteiger partial charge in [-0.25, -0.2) is 4.79 Å². The van der Waals surface area contributed by atoms with Gasteiger partial charge in [0.25, 0.3) is 0 Å². The lowest BCUT2D eigenvalue weighted by molar-refractivity contribution is 0.0697. The fourth-order valence-electron chi connectivity index (χ4n) is 1.79. The smallest absolute Gasteiger partial charge is 0.337 e. The summed E-state index contributed by atoms with van der Waals surface area (Å²) in [5.74, 6) is -0.907. The molecule has 1 aromatic carbocycles. The summed E-state index contributed by atoms with van der Waals surface area (Å²) in [7, 11) is 0. The third-order valence-corrected chi connectivity index (χ3v) is 3.56. The molecule has 3 nitrogen and oxygen atoms in total. The lowest BCUT2D eigenvalue weighted by Crippen LogP contribution is -1.99. The van der Waals surface area contributed by atoms with E-state index < -0.39 is 5.97 Å². The quantitative estimate of drug-likeness (QED) is 0.938. The second-order valence-electron chi connectivity index (χ2n) is 4.15.